The van der Waals surface area contributed by atoms with Gasteiger partial charge in [-0.05, 0) is 54.2 Å². The Morgan fingerprint density at radius 3 is 2.63 bits per heavy atom. The Morgan fingerprint density at radius 1 is 1.07 bits per heavy atom. The number of fused-ring (bicyclic) bond motifs is 1. The van der Waals surface area contributed by atoms with E-state index in [-0.39, 0.29) is 0 Å². The Balaban J connectivity index is 1.70. The van der Waals surface area contributed by atoms with Crippen LogP contribution in [0.15, 0.2) is 60.8 Å². The number of hydrogen-bond donors (Lipinski definition) is 2. The number of sulfonamides is 1. The van der Waals surface area contributed by atoms with Crippen molar-refractivity contribution in [1.29, 1.82) is 0 Å². The number of pyridine rings is 1. The van der Waals surface area contributed by atoms with Crippen LogP contribution in [-0.4, -0.2) is 25.7 Å². The Hall–Kier alpha value is -3.39. The van der Waals surface area contributed by atoms with E-state index < -0.39 is 16.1 Å². The third-order valence-corrected chi connectivity index (χ3v) is 5.37. The number of ether oxygens (including phenoxy) is 1. The maximum atomic E-state index is 12.3. The predicted octanol–water partition coefficient (Wildman–Crippen LogP) is 4.11. The third kappa shape index (κ3) is 4.60. The summed E-state index contributed by atoms with van der Waals surface area (Å²) in [5.41, 5.74) is 4.38. The molecule has 0 atom stereocenters. The first-order valence-electron chi connectivity index (χ1n) is 9.52. The van der Waals surface area contributed by atoms with Gasteiger partial charge in [-0.3, -0.25) is 0 Å². The van der Waals surface area contributed by atoms with Gasteiger partial charge in [0.2, 0.25) is 15.9 Å². The third-order valence-electron chi connectivity index (χ3n) is 4.81. The molecule has 7 nitrogen and oxygen atoms in total. The number of anilines is 1. The van der Waals surface area contributed by atoms with Crippen LogP contribution in [-0.2, 0) is 22.9 Å². The Morgan fingerprint density at radius 2 is 1.87 bits per heavy atom. The lowest BCUT2D eigenvalue weighted by atomic mass is 9.98. The van der Waals surface area contributed by atoms with Crippen molar-refractivity contribution in [3.63, 3.8) is 0 Å². The molecule has 0 saturated carbocycles. The zero-order chi connectivity index (χ0) is 21.1. The summed E-state index contributed by atoms with van der Waals surface area (Å²) in [4.78, 5) is 16.6. The molecular weight excluding hydrogens is 402 g/mol. The smallest absolute Gasteiger partial charge is 0.332 e. The van der Waals surface area contributed by atoms with E-state index in [1.54, 1.807) is 12.3 Å². The standard InChI is InChI=1S/C22H21N3O4S/c1-30(27,28)25-22(26)24-21-18-9-5-6-15(18)10-11-19(21)16-12-13-23-20(14-16)29-17-7-3-2-4-8-17/h2-4,7-8,10-14H,5-6,9H2,1H3,(H2,24,25,26). The van der Waals surface area contributed by atoms with E-state index in [1.807, 2.05) is 47.2 Å². The van der Waals surface area contributed by atoms with Gasteiger partial charge in [0, 0.05) is 17.8 Å². The number of urea groups is 1. The van der Waals surface area contributed by atoms with Gasteiger partial charge < -0.3 is 10.1 Å². The summed E-state index contributed by atoms with van der Waals surface area (Å²) in [5, 5.41) is 2.74. The Labute approximate surface area is 175 Å². The lowest BCUT2D eigenvalue weighted by Gasteiger charge is -2.17. The molecule has 1 heterocycles. The number of aryl methyl sites for hydroxylation is 1. The van der Waals surface area contributed by atoms with Gasteiger partial charge in [0.1, 0.15) is 5.75 Å². The van der Waals surface area contributed by atoms with Gasteiger partial charge in [-0.1, -0.05) is 30.3 Å². The lowest BCUT2D eigenvalue weighted by molar-refractivity contribution is 0.256. The summed E-state index contributed by atoms with van der Waals surface area (Å²) in [6.45, 7) is 0. The van der Waals surface area contributed by atoms with Crippen LogP contribution in [0.2, 0.25) is 0 Å². The molecule has 0 aliphatic heterocycles. The molecule has 8 heteroatoms. The highest BCUT2D eigenvalue weighted by Gasteiger charge is 2.21. The second-order valence-electron chi connectivity index (χ2n) is 7.11. The number of carbonyl (C=O) groups is 1. The first kappa shape index (κ1) is 19.9. The maximum Gasteiger partial charge on any atom is 0.332 e. The SMILES string of the molecule is CS(=O)(=O)NC(=O)Nc1c(-c2ccnc(Oc3ccccc3)c2)ccc2c1CCC2. The molecule has 4 rings (SSSR count). The molecule has 1 aromatic heterocycles. The van der Waals surface area contributed by atoms with Crippen LogP contribution in [0.1, 0.15) is 17.5 Å². The van der Waals surface area contributed by atoms with Crippen LogP contribution in [0, 0.1) is 0 Å². The minimum atomic E-state index is -3.67. The Kier molecular flexibility index (Phi) is 5.41. The summed E-state index contributed by atoms with van der Waals surface area (Å²) in [6, 6.07) is 16.2. The summed E-state index contributed by atoms with van der Waals surface area (Å²) < 4.78 is 30.7. The van der Waals surface area contributed by atoms with Crippen molar-refractivity contribution in [2.75, 3.05) is 11.6 Å². The zero-order valence-corrected chi connectivity index (χ0v) is 17.2. The molecule has 154 valence electrons. The molecule has 0 unspecified atom stereocenters. The zero-order valence-electron chi connectivity index (χ0n) is 16.4. The second-order valence-corrected chi connectivity index (χ2v) is 8.85. The van der Waals surface area contributed by atoms with Gasteiger partial charge in [0.25, 0.3) is 0 Å². The van der Waals surface area contributed by atoms with Crippen LogP contribution in [0.25, 0.3) is 11.1 Å². The highest BCUT2D eigenvalue weighted by molar-refractivity contribution is 7.89. The van der Waals surface area contributed by atoms with E-state index in [2.05, 4.69) is 16.4 Å². The highest BCUT2D eigenvalue weighted by atomic mass is 32.2. The van der Waals surface area contributed by atoms with Crippen molar-refractivity contribution in [2.45, 2.75) is 19.3 Å². The fourth-order valence-electron chi connectivity index (χ4n) is 3.60. The average molecular weight is 423 g/mol. The number of amides is 2. The van der Waals surface area contributed by atoms with Gasteiger partial charge >= 0.3 is 6.03 Å². The van der Waals surface area contributed by atoms with Crippen LogP contribution < -0.4 is 14.8 Å². The molecule has 2 N–H and O–H groups in total. The van der Waals surface area contributed by atoms with Gasteiger partial charge in [0.05, 0.1) is 11.9 Å². The molecule has 1 aliphatic carbocycles. The minimum absolute atomic E-state index is 0.422. The van der Waals surface area contributed by atoms with Gasteiger partial charge in [-0.15, -0.1) is 0 Å². The summed E-state index contributed by atoms with van der Waals surface area (Å²) in [6.07, 6.45) is 5.31. The number of rotatable bonds is 5. The number of nitrogens with zero attached hydrogens (tertiary/aromatic N) is 1. The molecule has 3 aromatic rings. The van der Waals surface area contributed by atoms with E-state index >= 15 is 0 Å². The molecule has 0 radical (unpaired) electrons. The van der Waals surface area contributed by atoms with Gasteiger partial charge in [0.15, 0.2) is 0 Å². The quantitative estimate of drug-likeness (QED) is 0.644. The van der Waals surface area contributed by atoms with Crippen molar-refractivity contribution < 1.29 is 17.9 Å². The molecule has 0 saturated heterocycles. The van der Waals surface area contributed by atoms with Crippen LogP contribution in [0.3, 0.4) is 0 Å². The average Bonchev–Trinajstić information content (AvgIpc) is 3.17. The van der Waals surface area contributed by atoms with Crippen molar-refractivity contribution in [2.24, 2.45) is 0 Å². The van der Waals surface area contributed by atoms with Crippen LogP contribution in [0.5, 0.6) is 11.6 Å². The number of aromatic nitrogens is 1. The fourth-order valence-corrected chi connectivity index (χ4v) is 3.99. The number of para-hydroxylation sites is 1. The first-order chi connectivity index (χ1) is 14.4. The fraction of sp³-hybridized carbons (Fsp3) is 0.182. The second kappa shape index (κ2) is 8.16. The predicted molar refractivity (Wildman–Crippen MR) is 115 cm³/mol. The van der Waals surface area contributed by atoms with E-state index in [1.165, 1.54) is 0 Å². The number of hydrogen-bond acceptors (Lipinski definition) is 5. The summed E-state index contributed by atoms with van der Waals surface area (Å²) in [5.74, 6) is 1.09. The first-order valence-corrected chi connectivity index (χ1v) is 11.4. The van der Waals surface area contributed by atoms with Crippen molar-refractivity contribution >= 4 is 21.7 Å². The van der Waals surface area contributed by atoms with Gasteiger partial charge in [-0.2, -0.15) is 0 Å². The monoisotopic (exact) mass is 423 g/mol. The Bertz CT molecular complexity index is 1190. The summed E-state index contributed by atoms with van der Waals surface area (Å²) >= 11 is 0. The molecule has 30 heavy (non-hydrogen) atoms. The largest absolute Gasteiger partial charge is 0.439 e. The number of benzene rings is 2. The minimum Gasteiger partial charge on any atom is -0.439 e. The van der Waals surface area contributed by atoms with Crippen molar-refractivity contribution in [3.8, 4) is 22.8 Å². The molecule has 2 amide bonds. The van der Waals surface area contributed by atoms with E-state index in [4.69, 9.17) is 4.74 Å². The molecule has 1 aliphatic rings. The van der Waals surface area contributed by atoms with Crippen molar-refractivity contribution in [3.05, 3.63) is 71.9 Å². The maximum absolute atomic E-state index is 12.3. The highest BCUT2D eigenvalue weighted by Crippen LogP contribution is 2.38. The number of nitrogens with one attached hydrogen (secondary N) is 2. The van der Waals surface area contributed by atoms with E-state index in [0.29, 0.717) is 17.3 Å². The van der Waals surface area contributed by atoms with Gasteiger partial charge in [-0.25, -0.2) is 22.9 Å². The lowest BCUT2D eigenvalue weighted by Crippen LogP contribution is -2.33. The molecule has 0 spiro atoms. The topological polar surface area (TPSA) is 97.4 Å². The number of carbonyl (C=O) groups excluding carboxylic acids is 1. The molecule has 0 bridgehead atoms. The molecular formula is C22H21N3O4S. The molecule has 0 fully saturated rings. The normalized spacial score (nSPS) is 12.8. The van der Waals surface area contributed by atoms with E-state index in [9.17, 15) is 13.2 Å². The van der Waals surface area contributed by atoms with Crippen LogP contribution >= 0.6 is 0 Å². The molecule has 2 aromatic carbocycles. The van der Waals surface area contributed by atoms with E-state index in [0.717, 1.165) is 47.8 Å². The van der Waals surface area contributed by atoms with Crippen molar-refractivity contribution in [1.82, 2.24) is 9.71 Å². The summed E-state index contributed by atoms with van der Waals surface area (Å²) in [7, 11) is -3.67. The van der Waals surface area contributed by atoms with Crippen LogP contribution in [0.4, 0.5) is 10.5 Å².